The van der Waals surface area contributed by atoms with E-state index < -0.39 is 0 Å². The molecular formula is C21H20N2O4S. The topological polar surface area (TPSA) is 83.7 Å². The average molecular weight is 396 g/mol. The van der Waals surface area contributed by atoms with Crippen LogP contribution in [-0.2, 0) is 6.61 Å². The van der Waals surface area contributed by atoms with Crippen molar-refractivity contribution in [2.24, 2.45) is 0 Å². The number of hydrogen-bond donors (Lipinski definition) is 3. The van der Waals surface area contributed by atoms with Gasteiger partial charge in [0, 0.05) is 11.1 Å². The Morgan fingerprint density at radius 3 is 2.68 bits per heavy atom. The number of rotatable bonds is 5. The summed E-state index contributed by atoms with van der Waals surface area (Å²) in [4.78, 5) is 12.4. The summed E-state index contributed by atoms with van der Waals surface area (Å²) in [6.07, 6.45) is 0. The molecule has 0 aliphatic rings. The maximum absolute atomic E-state index is 12.4. The van der Waals surface area contributed by atoms with Gasteiger partial charge in [0.05, 0.1) is 12.8 Å². The van der Waals surface area contributed by atoms with E-state index in [1.165, 1.54) is 0 Å². The Morgan fingerprint density at radius 2 is 2.00 bits per heavy atom. The number of carbonyl (C=O) groups is 1. The molecule has 3 aromatic rings. The molecule has 0 bridgehead atoms. The highest BCUT2D eigenvalue weighted by Gasteiger charge is 2.12. The lowest BCUT2D eigenvalue weighted by Gasteiger charge is -2.14. The Balaban J connectivity index is 1.77. The molecule has 0 aliphatic heterocycles. The summed E-state index contributed by atoms with van der Waals surface area (Å²) in [5, 5.41) is 15.0. The Bertz CT molecular complexity index is 1010. The average Bonchev–Trinajstić information content (AvgIpc) is 3.17. The minimum absolute atomic E-state index is 0.150. The molecule has 2 aromatic carbocycles. The minimum atomic E-state index is -0.296. The van der Waals surface area contributed by atoms with Crippen LogP contribution in [-0.4, -0.2) is 23.2 Å². The van der Waals surface area contributed by atoms with Gasteiger partial charge in [-0.3, -0.25) is 10.1 Å². The largest absolute Gasteiger partial charge is 0.495 e. The molecule has 6 nitrogen and oxygen atoms in total. The van der Waals surface area contributed by atoms with Crippen LogP contribution in [0.25, 0.3) is 11.3 Å². The summed E-state index contributed by atoms with van der Waals surface area (Å²) in [5.41, 5.74) is 2.87. The number of aliphatic hydroxyl groups is 1. The van der Waals surface area contributed by atoms with Gasteiger partial charge < -0.3 is 19.6 Å². The number of furan rings is 1. The first kappa shape index (κ1) is 19.6. The lowest BCUT2D eigenvalue weighted by molar-refractivity contribution is 0.0977. The van der Waals surface area contributed by atoms with Gasteiger partial charge in [-0.2, -0.15) is 0 Å². The molecule has 0 saturated heterocycles. The zero-order valence-electron chi connectivity index (χ0n) is 15.5. The highest BCUT2D eigenvalue weighted by Crippen LogP contribution is 2.31. The van der Waals surface area contributed by atoms with E-state index in [1.807, 2.05) is 25.1 Å². The lowest BCUT2D eigenvalue weighted by Crippen LogP contribution is -2.34. The van der Waals surface area contributed by atoms with Crippen molar-refractivity contribution in [2.75, 3.05) is 12.4 Å². The van der Waals surface area contributed by atoms with Crippen LogP contribution in [0.3, 0.4) is 0 Å². The number of nitrogens with one attached hydrogen (secondary N) is 2. The van der Waals surface area contributed by atoms with E-state index in [1.54, 1.807) is 43.5 Å². The van der Waals surface area contributed by atoms with Crippen molar-refractivity contribution in [1.82, 2.24) is 5.32 Å². The first-order valence-electron chi connectivity index (χ1n) is 8.57. The van der Waals surface area contributed by atoms with E-state index in [0.717, 1.165) is 11.1 Å². The lowest BCUT2D eigenvalue weighted by atomic mass is 10.1. The van der Waals surface area contributed by atoms with E-state index in [2.05, 4.69) is 10.6 Å². The molecule has 0 aliphatic carbocycles. The molecule has 0 atom stereocenters. The number of hydrogen-bond acceptors (Lipinski definition) is 5. The fraction of sp³-hybridized carbons (Fsp3) is 0.143. The molecule has 0 spiro atoms. The van der Waals surface area contributed by atoms with Gasteiger partial charge in [-0.05, 0) is 61.6 Å². The number of thiocarbonyl (C=S) groups is 1. The van der Waals surface area contributed by atoms with Crippen LogP contribution in [0.2, 0.25) is 0 Å². The van der Waals surface area contributed by atoms with Gasteiger partial charge in [0.1, 0.15) is 23.9 Å². The van der Waals surface area contributed by atoms with Gasteiger partial charge in [-0.1, -0.05) is 17.7 Å². The summed E-state index contributed by atoms with van der Waals surface area (Å²) in [6.45, 7) is 1.75. The van der Waals surface area contributed by atoms with Crippen LogP contribution < -0.4 is 15.4 Å². The number of carbonyl (C=O) groups excluding carboxylic acids is 1. The summed E-state index contributed by atoms with van der Waals surface area (Å²) in [6, 6.07) is 16.1. The van der Waals surface area contributed by atoms with E-state index in [-0.39, 0.29) is 17.6 Å². The van der Waals surface area contributed by atoms with Gasteiger partial charge >= 0.3 is 0 Å². The van der Waals surface area contributed by atoms with Crippen LogP contribution >= 0.6 is 12.2 Å². The van der Waals surface area contributed by atoms with E-state index >= 15 is 0 Å². The Labute approximate surface area is 168 Å². The Kier molecular flexibility index (Phi) is 6.08. The Morgan fingerprint density at radius 1 is 1.18 bits per heavy atom. The molecule has 0 fully saturated rings. The number of benzene rings is 2. The molecule has 1 amide bonds. The fourth-order valence-corrected chi connectivity index (χ4v) is 2.89. The zero-order chi connectivity index (χ0) is 20.1. The first-order valence-corrected chi connectivity index (χ1v) is 8.98. The van der Waals surface area contributed by atoms with Crippen molar-refractivity contribution in [3.8, 4) is 17.1 Å². The van der Waals surface area contributed by atoms with Crippen molar-refractivity contribution >= 4 is 28.9 Å². The molecular weight excluding hydrogens is 376 g/mol. The van der Waals surface area contributed by atoms with Crippen molar-refractivity contribution in [3.63, 3.8) is 0 Å². The number of aryl methyl sites for hydroxylation is 1. The van der Waals surface area contributed by atoms with Crippen molar-refractivity contribution < 1.29 is 19.1 Å². The second-order valence-corrected chi connectivity index (χ2v) is 6.53. The molecule has 1 aromatic heterocycles. The second kappa shape index (κ2) is 8.69. The second-order valence-electron chi connectivity index (χ2n) is 6.12. The highest BCUT2D eigenvalue weighted by atomic mass is 32.1. The van der Waals surface area contributed by atoms with Crippen LogP contribution in [0.5, 0.6) is 5.75 Å². The smallest absolute Gasteiger partial charge is 0.257 e. The quantitative estimate of drug-likeness (QED) is 0.568. The number of aliphatic hydroxyl groups excluding tert-OH is 1. The third kappa shape index (κ3) is 4.57. The Hall–Kier alpha value is -3.16. The summed E-state index contributed by atoms with van der Waals surface area (Å²) in [5.74, 6) is 1.34. The molecule has 3 N–H and O–H groups in total. The molecule has 1 heterocycles. The molecule has 28 heavy (non-hydrogen) atoms. The summed E-state index contributed by atoms with van der Waals surface area (Å²) < 4.78 is 10.9. The van der Waals surface area contributed by atoms with Crippen LogP contribution in [0.15, 0.2) is 59.0 Å². The molecule has 144 valence electrons. The molecule has 0 radical (unpaired) electrons. The fourth-order valence-electron chi connectivity index (χ4n) is 2.69. The normalized spacial score (nSPS) is 10.4. The minimum Gasteiger partial charge on any atom is -0.495 e. The highest BCUT2D eigenvalue weighted by molar-refractivity contribution is 7.80. The first-order chi connectivity index (χ1) is 13.5. The van der Waals surface area contributed by atoms with E-state index in [4.69, 9.17) is 26.5 Å². The monoisotopic (exact) mass is 396 g/mol. The van der Waals surface area contributed by atoms with E-state index in [9.17, 15) is 4.79 Å². The van der Waals surface area contributed by atoms with Crippen LogP contribution in [0.4, 0.5) is 5.69 Å². The standard InChI is InChI=1S/C21H20N2O4S/c1-13-4-3-5-15(10-13)20(25)23-21(28)22-17-11-14(6-8-19(17)26-2)18-9-7-16(12-24)27-18/h3-11,24H,12H2,1-2H3,(H2,22,23,25,28). The third-order valence-electron chi connectivity index (χ3n) is 4.06. The zero-order valence-corrected chi connectivity index (χ0v) is 16.3. The van der Waals surface area contributed by atoms with Gasteiger partial charge in [-0.25, -0.2) is 0 Å². The van der Waals surface area contributed by atoms with Gasteiger partial charge in [0.25, 0.3) is 5.91 Å². The molecule has 7 heteroatoms. The SMILES string of the molecule is COc1ccc(-c2ccc(CO)o2)cc1NC(=S)NC(=O)c1cccc(C)c1. The van der Waals surface area contributed by atoms with Gasteiger partial charge in [0.2, 0.25) is 0 Å². The van der Waals surface area contributed by atoms with E-state index in [0.29, 0.717) is 28.5 Å². The summed E-state index contributed by atoms with van der Waals surface area (Å²) >= 11 is 5.28. The molecule has 0 unspecified atom stereocenters. The predicted octanol–water partition coefficient (Wildman–Crippen LogP) is 3.88. The number of methoxy groups -OCH3 is 1. The molecule has 0 saturated carbocycles. The third-order valence-corrected chi connectivity index (χ3v) is 4.26. The van der Waals surface area contributed by atoms with Crippen LogP contribution in [0, 0.1) is 6.92 Å². The van der Waals surface area contributed by atoms with Gasteiger partial charge in [-0.15, -0.1) is 0 Å². The maximum atomic E-state index is 12.4. The number of anilines is 1. The van der Waals surface area contributed by atoms with Gasteiger partial charge in [0.15, 0.2) is 5.11 Å². The van der Waals surface area contributed by atoms with Crippen molar-refractivity contribution in [3.05, 3.63) is 71.5 Å². The number of amides is 1. The van der Waals surface area contributed by atoms with Crippen molar-refractivity contribution in [1.29, 1.82) is 0 Å². The number of ether oxygens (including phenoxy) is 1. The molecule has 3 rings (SSSR count). The summed E-state index contributed by atoms with van der Waals surface area (Å²) in [7, 11) is 1.55. The predicted molar refractivity (Wildman–Crippen MR) is 111 cm³/mol. The van der Waals surface area contributed by atoms with Crippen molar-refractivity contribution in [2.45, 2.75) is 13.5 Å². The van der Waals surface area contributed by atoms with Crippen LogP contribution in [0.1, 0.15) is 21.7 Å². The maximum Gasteiger partial charge on any atom is 0.257 e.